The molecule has 1 atom stereocenters. The Morgan fingerprint density at radius 1 is 1.53 bits per heavy atom. The first kappa shape index (κ1) is 14.5. The summed E-state index contributed by atoms with van der Waals surface area (Å²) in [6.07, 6.45) is 1.16. The number of aromatic nitrogens is 2. The molecule has 1 unspecified atom stereocenters. The minimum absolute atomic E-state index is 0.602. The molecule has 0 spiro atoms. The summed E-state index contributed by atoms with van der Waals surface area (Å²) < 4.78 is 10.1. The van der Waals surface area contributed by atoms with Crippen molar-refractivity contribution in [1.29, 1.82) is 0 Å². The largest absolute Gasteiger partial charge is 0.383 e. The molecule has 0 aliphatic heterocycles. The van der Waals surface area contributed by atoms with Crippen molar-refractivity contribution >= 4 is 11.8 Å². The second kappa shape index (κ2) is 8.49. The third-order valence-corrected chi connectivity index (χ3v) is 3.67. The van der Waals surface area contributed by atoms with Gasteiger partial charge in [0.15, 0.2) is 5.82 Å². The number of thioether (sulfide) groups is 1. The van der Waals surface area contributed by atoms with Gasteiger partial charge in [-0.3, -0.25) is 0 Å². The lowest BCUT2D eigenvalue weighted by molar-refractivity contribution is 0.197. The molecule has 17 heavy (non-hydrogen) atoms. The Bertz CT molecular complexity index is 307. The molecule has 1 heterocycles. The third-order valence-electron chi connectivity index (χ3n) is 2.34. The minimum atomic E-state index is 0.602. The number of methoxy groups -OCH3 is 1. The van der Waals surface area contributed by atoms with Gasteiger partial charge in [-0.05, 0) is 6.42 Å². The summed E-state index contributed by atoms with van der Waals surface area (Å²) in [6, 6.07) is 0. The number of nitrogens with zero attached hydrogens (tertiary/aromatic N) is 2. The van der Waals surface area contributed by atoms with Crippen LogP contribution in [0.15, 0.2) is 4.52 Å². The third kappa shape index (κ3) is 6.05. The summed E-state index contributed by atoms with van der Waals surface area (Å²) in [5.41, 5.74) is 0. The lowest BCUT2D eigenvalue weighted by Crippen LogP contribution is -2.18. The number of nitrogens with one attached hydrogen (secondary N) is 1. The van der Waals surface area contributed by atoms with Crippen LogP contribution in [-0.2, 0) is 17.0 Å². The van der Waals surface area contributed by atoms with Gasteiger partial charge < -0.3 is 14.6 Å². The monoisotopic (exact) mass is 259 g/mol. The van der Waals surface area contributed by atoms with Gasteiger partial charge in [0.05, 0.1) is 18.9 Å². The van der Waals surface area contributed by atoms with Crippen LogP contribution in [0, 0.1) is 0 Å². The molecule has 0 saturated carbocycles. The Hall–Kier alpha value is -0.590. The fourth-order valence-electron chi connectivity index (χ4n) is 1.12. The number of hydrogen-bond acceptors (Lipinski definition) is 6. The van der Waals surface area contributed by atoms with Crippen molar-refractivity contribution in [3.8, 4) is 0 Å². The molecular formula is C11H21N3O2S. The van der Waals surface area contributed by atoms with E-state index in [4.69, 9.17) is 9.26 Å². The quantitative estimate of drug-likeness (QED) is 0.683. The van der Waals surface area contributed by atoms with E-state index in [2.05, 4.69) is 29.3 Å². The van der Waals surface area contributed by atoms with E-state index in [1.54, 1.807) is 7.11 Å². The Morgan fingerprint density at radius 2 is 2.35 bits per heavy atom. The number of ether oxygens (including phenoxy) is 1. The van der Waals surface area contributed by atoms with E-state index in [0.29, 0.717) is 24.3 Å². The average Bonchev–Trinajstić information content (AvgIpc) is 2.79. The summed E-state index contributed by atoms with van der Waals surface area (Å²) >= 11 is 1.85. The smallest absolute Gasteiger partial charge is 0.240 e. The van der Waals surface area contributed by atoms with E-state index in [9.17, 15) is 0 Å². The Labute approximate surface area is 107 Å². The fourth-order valence-corrected chi connectivity index (χ4v) is 1.91. The van der Waals surface area contributed by atoms with Crippen molar-refractivity contribution in [2.24, 2.45) is 0 Å². The minimum Gasteiger partial charge on any atom is -0.383 e. The molecule has 0 aliphatic rings. The first-order chi connectivity index (χ1) is 8.26. The molecule has 6 heteroatoms. The van der Waals surface area contributed by atoms with Crippen LogP contribution >= 0.6 is 11.8 Å². The van der Waals surface area contributed by atoms with E-state index in [0.717, 1.165) is 24.5 Å². The van der Waals surface area contributed by atoms with Crippen molar-refractivity contribution in [1.82, 2.24) is 15.5 Å². The van der Waals surface area contributed by atoms with E-state index in [1.807, 2.05) is 11.8 Å². The molecule has 0 radical (unpaired) electrons. The normalized spacial score (nSPS) is 12.9. The number of rotatable bonds is 9. The highest BCUT2D eigenvalue weighted by Crippen LogP contribution is 2.17. The molecule has 1 aromatic rings. The summed E-state index contributed by atoms with van der Waals surface area (Å²) in [5.74, 6) is 2.23. The predicted octanol–water partition coefficient (Wildman–Crippen LogP) is 1.84. The van der Waals surface area contributed by atoms with Crippen LogP contribution in [0.1, 0.15) is 32.0 Å². The zero-order valence-electron chi connectivity index (χ0n) is 10.7. The zero-order chi connectivity index (χ0) is 12.5. The summed E-state index contributed by atoms with van der Waals surface area (Å²) in [4.78, 5) is 4.31. The molecule has 1 aromatic heterocycles. The molecule has 0 aromatic carbocycles. The predicted molar refractivity (Wildman–Crippen MR) is 68.9 cm³/mol. The Balaban J connectivity index is 2.22. The second-order valence-electron chi connectivity index (χ2n) is 3.80. The molecule has 0 bridgehead atoms. The first-order valence-corrected chi connectivity index (χ1v) is 6.93. The van der Waals surface area contributed by atoms with Crippen LogP contribution in [0.5, 0.6) is 0 Å². The van der Waals surface area contributed by atoms with E-state index >= 15 is 0 Å². The maximum atomic E-state index is 5.13. The van der Waals surface area contributed by atoms with Gasteiger partial charge in [-0.2, -0.15) is 16.7 Å². The second-order valence-corrected chi connectivity index (χ2v) is 5.23. The average molecular weight is 259 g/mol. The molecule has 5 nitrogen and oxygen atoms in total. The molecule has 0 amide bonds. The van der Waals surface area contributed by atoms with Crippen LogP contribution < -0.4 is 5.32 Å². The van der Waals surface area contributed by atoms with Crippen LogP contribution in [-0.4, -0.2) is 35.7 Å². The molecule has 1 N–H and O–H groups in total. The van der Waals surface area contributed by atoms with Crippen molar-refractivity contribution in [2.75, 3.05) is 20.3 Å². The highest BCUT2D eigenvalue weighted by Gasteiger charge is 2.07. The van der Waals surface area contributed by atoms with Gasteiger partial charge in [0.2, 0.25) is 5.89 Å². The SMILES string of the molecule is CCC(C)SCc1noc(CNCCOC)n1. The van der Waals surface area contributed by atoms with Gasteiger partial charge in [0, 0.05) is 18.9 Å². The lowest BCUT2D eigenvalue weighted by atomic mass is 10.4. The van der Waals surface area contributed by atoms with E-state index in [-0.39, 0.29) is 0 Å². The maximum absolute atomic E-state index is 5.13. The van der Waals surface area contributed by atoms with Gasteiger partial charge in [-0.1, -0.05) is 19.0 Å². The van der Waals surface area contributed by atoms with Crippen LogP contribution in [0.2, 0.25) is 0 Å². The maximum Gasteiger partial charge on any atom is 0.240 e. The molecule has 0 fully saturated rings. The van der Waals surface area contributed by atoms with Crippen LogP contribution in [0.3, 0.4) is 0 Å². The highest BCUT2D eigenvalue weighted by atomic mass is 32.2. The fraction of sp³-hybridized carbons (Fsp3) is 0.818. The zero-order valence-corrected chi connectivity index (χ0v) is 11.5. The van der Waals surface area contributed by atoms with Crippen molar-refractivity contribution in [3.63, 3.8) is 0 Å². The van der Waals surface area contributed by atoms with Gasteiger partial charge in [0.1, 0.15) is 0 Å². The van der Waals surface area contributed by atoms with Crippen molar-refractivity contribution < 1.29 is 9.26 Å². The molecule has 98 valence electrons. The van der Waals surface area contributed by atoms with Gasteiger partial charge in [0.25, 0.3) is 0 Å². The van der Waals surface area contributed by atoms with Crippen molar-refractivity contribution in [3.05, 3.63) is 11.7 Å². The summed E-state index contributed by atoms with van der Waals surface area (Å²) in [5, 5.41) is 7.74. The Kier molecular flexibility index (Phi) is 7.23. The molecule has 0 saturated heterocycles. The standard InChI is InChI=1S/C11H21N3O2S/c1-4-9(2)17-8-10-13-11(16-14-10)7-12-5-6-15-3/h9,12H,4-8H2,1-3H3. The van der Waals surface area contributed by atoms with Gasteiger partial charge in [-0.15, -0.1) is 0 Å². The molecule has 1 rings (SSSR count). The highest BCUT2D eigenvalue weighted by molar-refractivity contribution is 7.99. The lowest BCUT2D eigenvalue weighted by Gasteiger charge is -2.04. The topological polar surface area (TPSA) is 60.2 Å². The van der Waals surface area contributed by atoms with Gasteiger partial charge >= 0.3 is 0 Å². The van der Waals surface area contributed by atoms with Crippen molar-refractivity contribution in [2.45, 2.75) is 37.8 Å². The first-order valence-electron chi connectivity index (χ1n) is 5.89. The summed E-state index contributed by atoms with van der Waals surface area (Å²) in [6.45, 7) is 6.46. The number of hydrogen-bond donors (Lipinski definition) is 1. The molecular weight excluding hydrogens is 238 g/mol. The van der Waals surface area contributed by atoms with Gasteiger partial charge in [-0.25, -0.2) is 0 Å². The molecule has 0 aliphatic carbocycles. The van der Waals surface area contributed by atoms with E-state index < -0.39 is 0 Å². The Morgan fingerprint density at radius 3 is 3.06 bits per heavy atom. The van der Waals surface area contributed by atoms with E-state index in [1.165, 1.54) is 0 Å². The van der Waals surface area contributed by atoms with Crippen LogP contribution in [0.25, 0.3) is 0 Å². The van der Waals surface area contributed by atoms with Crippen LogP contribution in [0.4, 0.5) is 0 Å². The summed E-state index contributed by atoms with van der Waals surface area (Å²) in [7, 11) is 1.68.